The Kier molecular flexibility index (Phi) is 27.7. The summed E-state index contributed by atoms with van der Waals surface area (Å²) in [6.07, 6.45) is 3.54. The van der Waals surface area contributed by atoms with Crippen LogP contribution in [0.3, 0.4) is 0 Å². The molecule has 0 aliphatic rings. The van der Waals surface area contributed by atoms with Crippen molar-refractivity contribution >= 4 is 0 Å². The van der Waals surface area contributed by atoms with Crippen LogP contribution < -0.4 is 93.2 Å². The largest absolute Gasteiger partial charge is 0.255 e. The van der Waals surface area contributed by atoms with Crippen molar-refractivity contribution in [3.05, 3.63) is 48.8 Å². The number of rotatable bonds is 1. The van der Waals surface area contributed by atoms with E-state index in [-0.39, 0.29) is 18.6 Å². The first kappa shape index (κ1) is 47.3. The molecule has 28 heteroatoms. The van der Waals surface area contributed by atoms with Gasteiger partial charge in [-0.15, -0.1) is 51.2 Å². The van der Waals surface area contributed by atoms with Crippen molar-refractivity contribution in [2.24, 2.45) is 0 Å². The molecule has 2 heterocycles. The predicted octanol–water partition coefficient (Wildman–Crippen LogP) is -21.6. The third-order valence-electron chi connectivity index (χ3n) is 1.59. The molecule has 2 rings (SSSR count). The van der Waals surface area contributed by atoms with Crippen molar-refractivity contribution in [2.75, 3.05) is 0 Å². The van der Waals surface area contributed by atoms with E-state index in [4.69, 9.17) is 93.2 Å². The third-order valence-corrected chi connectivity index (χ3v) is 1.59. The van der Waals surface area contributed by atoms with Crippen molar-refractivity contribution in [2.45, 2.75) is 0 Å². The van der Waals surface area contributed by atoms with Gasteiger partial charge in [-0.3, -0.25) is 9.97 Å². The summed E-state index contributed by atoms with van der Waals surface area (Å²) in [5.41, 5.74) is 1.83. The Bertz CT molecular complexity index is 645. The van der Waals surface area contributed by atoms with Crippen LogP contribution in [0.15, 0.2) is 48.8 Å². The van der Waals surface area contributed by atoms with E-state index >= 15 is 0 Å². The van der Waals surface area contributed by atoms with Gasteiger partial charge in [0.2, 0.25) is 0 Å². The van der Waals surface area contributed by atoms with Gasteiger partial charge >= 0.3 is 0 Å². The van der Waals surface area contributed by atoms with Crippen LogP contribution in [0.5, 0.6) is 0 Å². The quantitative estimate of drug-likeness (QED) is 0.266. The summed E-state index contributed by atoms with van der Waals surface area (Å²) in [7, 11) is -24.7. The second-order valence-corrected chi connectivity index (χ2v) is 8.10. The Morgan fingerprint density at radius 1 is 0.342 bits per heavy atom. The Balaban J connectivity index is -0.000000122. The van der Waals surface area contributed by atoms with Crippen molar-refractivity contribution in [1.82, 2.24) is 9.97 Å². The third kappa shape index (κ3) is 111. The number of nitrogens with zero attached hydrogens (tertiary/aromatic N) is 2. The summed E-state index contributed by atoms with van der Waals surface area (Å²) < 4.78 is 170. The maximum atomic E-state index is 8.49. The van der Waals surface area contributed by atoms with Gasteiger partial charge in [-0.05, 0) is 24.3 Å². The van der Waals surface area contributed by atoms with E-state index in [0.29, 0.717) is 0 Å². The fourth-order valence-electron chi connectivity index (χ4n) is 1.03. The van der Waals surface area contributed by atoms with E-state index in [0.717, 1.165) is 11.4 Å². The number of halogens is 5. The maximum absolute atomic E-state index is 8.49. The van der Waals surface area contributed by atoms with Crippen molar-refractivity contribution in [3.8, 4) is 11.4 Å². The van der Waals surface area contributed by atoms with Gasteiger partial charge in [-0.25, -0.2) is 93.2 Å². The summed E-state index contributed by atoms with van der Waals surface area (Å²) in [4.78, 5) is 8.37. The molecular weight excluding hydrogens is 696 g/mol. The molecular formula is C10H8Cl5N2O20V-5. The molecule has 1 radical (unpaired) electrons. The van der Waals surface area contributed by atoms with E-state index in [1.165, 1.54) is 0 Å². The Morgan fingerprint density at radius 2 is 0.500 bits per heavy atom. The smallest absolute Gasteiger partial charge is 0.0886 e. The fourth-order valence-corrected chi connectivity index (χ4v) is 1.03. The average Bonchev–Trinajstić information content (AvgIpc) is 2.56. The number of pyridine rings is 2. The van der Waals surface area contributed by atoms with Crippen molar-refractivity contribution in [1.29, 1.82) is 0 Å². The number of hydrogen-bond acceptors (Lipinski definition) is 22. The van der Waals surface area contributed by atoms with Gasteiger partial charge in [-0.1, -0.05) is 12.1 Å². The molecule has 223 valence electrons. The predicted molar refractivity (Wildman–Crippen MR) is 47.5 cm³/mol. The van der Waals surface area contributed by atoms with Gasteiger partial charge in [0.05, 0.1) is 11.4 Å². The van der Waals surface area contributed by atoms with Crippen LogP contribution in [-0.2, 0) is 18.6 Å². The van der Waals surface area contributed by atoms with Gasteiger partial charge in [0.1, 0.15) is 0 Å². The molecule has 0 fully saturated rings. The summed E-state index contributed by atoms with van der Waals surface area (Å²) in [6.45, 7) is 0. The first-order valence-corrected chi connectivity index (χ1v) is 13.0. The Hall–Kier alpha value is -0.466. The molecule has 0 saturated heterocycles. The molecule has 0 unspecified atom stereocenters. The maximum Gasteiger partial charge on any atom is 0.0886 e. The first-order chi connectivity index (χ1) is 16.0. The monoisotopic (exact) mass is 702 g/mol. The van der Waals surface area contributed by atoms with Crippen LogP contribution in [0.4, 0.5) is 0 Å². The zero-order chi connectivity index (χ0) is 30.7. The van der Waals surface area contributed by atoms with E-state index in [1.54, 1.807) is 12.4 Å². The second-order valence-electron chi connectivity index (χ2n) is 4.32. The molecule has 0 spiro atoms. The van der Waals surface area contributed by atoms with Crippen molar-refractivity contribution in [3.63, 3.8) is 0 Å². The standard InChI is InChI=1S/C10H8N2.5ClHO4.V/c1-3-7-11-9(5-1)10-6-2-4-8-12-10;5*2-1(3,4)5;/h1-8H;5*(H,2,3,4,5);/p-5. The van der Waals surface area contributed by atoms with Crippen LogP contribution in [0, 0.1) is 51.2 Å². The summed E-state index contributed by atoms with van der Waals surface area (Å²) in [5, 5.41) is 0. The van der Waals surface area contributed by atoms with Crippen LogP contribution in [0.1, 0.15) is 0 Å². The van der Waals surface area contributed by atoms with Crippen LogP contribution >= 0.6 is 0 Å². The molecule has 0 aliphatic carbocycles. The molecule has 38 heavy (non-hydrogen) atoms. The minimum atomic E-state index is -4.94. The van der Waals surface area contributed by atoms with Crippen molar-refractivity contribution < 1.29 is 163 Å². The van der Waals surface area contributed by atoms with E-state index in [2.05, 4.69) is 9.97 Å². The SMILES string of the molecule is [O-][Cl+3]([O-])([O-])[O-].[O-][Cl+3]([O-])([O-])[O-].[O-][Cl+3]([O-])([O-])[O-].[O-][Cl+3]([O-])([O-])[O-].[O-][Cl+3]([O-])([O-])[O-].[V].c1ccc(-c2ccccn2)nc1. The molecule has 0 saturated carbocycles. The van der Waals surface area contributed by atoms with E-state index < -0.39 is 51.2 Å². The van der Waals surface area contributed by atoms with Crippen LogP contribution in [-0.4, -0.2) is 9.97 Å². The summed E-state index contributed by atoms with van der Waals surface area (Å²) in [5.74, 6) is 0. The molecule has 2 aromatic rings. The van der Waals surface area contributed by atoms with E-state index in [9.17, 15) is 0 Å². The zero-order valence-corrected chi connectivity index (χ0v) is 22.2. The minimum Gasteiger partial charge on any atom is -0.255 e. The van der Waals surface area contributed by atoms with Gasteiger partial charge < -0.3 is 0 Å². The average molecular weight is 704 g/mol. The number of hydrogen-bond donors (Lipinski definition) is 0. The normalized spacial score (nSPS) is 10.9. The Morgan fingerprint density at radius 3 is 0.605 bits per heavy atom. The second kappa shape index (κ2) is 22.2. The fraction of sp³-hybridized carbons (Fsp3) is 0. The van der Waals surface area contributed by atoms with Gasteiger partial charge in [-0.2, -0.15) is 0 Å². The summed E-state index contributed by atoms with van der Waals surface area (Å²) >= 11 is 0. The summed E-state index contributed by atoms with van der Waals surface area (Å²) in [6, 6.07) is 11.6. The van der Waals surface area contributed by atoms with Crippen LogP contribution in [0.25, 0.3) is 11.4 Å². The number of aromatic nitrogens is 2. The topological polar surface area (TPSA) is 487 Å². The van der Waals surface area contributed by atoms with Gasteiger partial charge in [0.15, 0.2) is 0 Å². The molecule has 0 N–H and O–H groups in total. The van der Waals surface area contributed by atoms with Crippen LogP contribution in [0.2, 0.25) is 0 Å². The van der Waals surface area contributed by atoms with Gasteiger partial charge in [0.25, 0.3) is 0 Å². The minimum absolute atomic E-state index is 0. The van der Waals surface area contributed by atoms with Gasteiger partial charge in [0, 0.05) is 30.9 Å². The zero-order valence-electron chi connectivity index (χ0n) is 17.0. The molecule has 0 aromatic carbocycles. The molecule has 2 aromatic heterocycles. The van der Waals surface area contributed by atoms with E-state index in [1.807, 2.05) is 36.4 Å². The molecule has 0 amide bonds. The molecule has 0 atom stereocenters. The Labute approximate surface area is 232 Å². The molecule has 22 nitrogen and oxygen atoms in total. The molecule has 0 aliphatic heterocycles. The molecule has 0 bridgehead atoms. The first-order valence-electron chi connectivity index (χ1n) is 6.88.